The van der Waals surface area contributed by atoms with Gasteiger partial charge in [-0.15, -0.1) is 0 Å². The van der Waals surface area contributed by atoms with Crippen LogP contribution in [0.5, 0.6) is 0 Å². The number of hydrogen-bond acceptors (Lipinski definition) is 5. The van der Waals surface area contributed by atoms with Crippen molar-refractivity contribution in [2.75, 3.05) is 26.3 Å². The summed E-state index contributed by atoms with van der Waals surface area (Å²) in [5.41, 5.74) is 0.388. The monoisotopic (exact) mass is 394 g/mol. The van der Waals surface area contributed by atoms with Crippen molar-refractivity contribution in [2.45, 2.75) is 55.2 Å². The number of ether oxygens (including phenoxy) is 2. The van der Waals surface area contributed by atoms with Crippen molar-refractivity contribution < 1.29 is 22.7 Å². The Balaban J connectivity index is 1.46. The van der Waals surface area contributed by atoms with Crippen LogP contribution in [0.2, 0.25) is 0 Å². The molecule has 1 spiro atoms. The molecule has 0 aromatic heterocycles. The molecule has 3 fully saturated rings. The molecule has 1 aromatic rings. The van der Waals surface area contributed by atoms with E-state index in [1.807, 2.05) is 0 Å². The van der Waals surface area contributed by atoms with Gasteiger partial charge in [0.25, 0.3) is 5.91 Å². The first-order chi connectivity index (χ1) is 13.0. The molecular formula is C19H26N2O5S. The number of piperidine rings is 1. The third-order valence-electron chi connectivity index (χ3n) is 5.72. The molecule has 1 amide bonds. The average Bonchev–Trinajstić information content (AvgIpc) is 3.35. The Morgan fingerprint density at radius 3 is 2.44 bits per heavy atom. The summed E-state index contributed by atoms with van der Waals surface area (Å²) in [5.74, 6) is -0.820. The molecule has 2 saturated heterocycles. The first kappa shape index (κ1) is 18.9. The molecule has 2 heterocycles. The number of hydrogen-bond donors (Lipinski definition) is 1. The smallest absolute Gasteiger partial charge is 0.251 e. The van der Waals surface area contributed by atoms with E-state index >= 15 is 0 Å². The van der Waals surface area contributed by atoms with Gasteiger partial charge in [-0.1, -0.05) is 18.9 Å². The van der Waals surface area contributed by atoms with E-state index in [4.69, 9.17) is 9.47 Å². The molecule has 1 aromatic carbocycles. The number of sulfonamides is 1. The van der Waals surface area contributed by atoms with Gasteiger partial charge in [0.1, 0.15) is 0 Å². The van der Waals surface area contributed by atoms with Gasteiger partial charge in [0.05, 0.1) is 18.1 Å². The highest BCUT2D eigenvalue weighted by molar-refractivity contribution is 7.89. The van der Waals surface area contributed by atoms with Crippen LogP contribution >= 0.6 is 0 Å². The van der Waals surface area contributed by atoms with Crippen LogP contribution in [0, 0.1) is 0 Å². The van der Waals surface area contributed by atoms with Crippen molar-refractivity contribution >= 4 is 15.9 Å². The molecule has 3 aliphatic rings. The van der Waals surface area contributed by atoms with E-state index in [-0.39, 0.29) is 16.8 Å². The van der Waals surface area contributed by atoms with Crippen molar-refractivity contribution in [2.24, 2.45) is 0 Å². The van der Waals surface area contributed by atoms with Crippen molar-refractivity contribution in [3.8, 4) is 0 Å². The minimum atomic E-state index is -3.65. The average molecular weight is 394 g/mol. The Morgan fingerprint density at radius 2 is 1.78 bits per heavy atom. The Kier molecular flexibility index (Phi) is 5.24. The summed E-state index contributed by atoms with van der Waals surface area (Å²) in [5, 5.41) is 3.01. The maximum atomic E-state index is 13.0. The second-order valence-electron chi connectivity index (χ2n) is 7.49. The van der Waals surface area contributed by atoms with Gasteiger partial charge < -0.3 is 14.8 Å². The van der Waals surface area contributed by atoms with Gasteiger partial charge in [0, 0.05) is 37.5 Å². The molecule has 1 aliphatic carbocycles. The zero-order valence-electron chi connectivity index (χ0n) is 15.4. The van der Waals surface area contributed by atoms with E-state index in [9.17, 15) is 13.2 Å². The number of nitrogens with zero attached hydrogens (tertiary/aromatic N) is 1. The zero-order chi connectivity index (χ0) is 18.9. The van der Waals surface area contributed by atoms with Crippen molar-refractivity contribution in [3.05, 3.63) is 29.8 Å². The van der Waals surface area contributed by atoms with Gasteiger partial charge in [-0.2, -0.15) is 4.31 Å². The van der Waals surface area contributed by atoms with Crippen LogP contribution in [-0.4, -0.2) is 56.8 Å². The van der Waals surface area contributed by atoms with Crippen molar-refractivity contribution in [3.63, 3.8) is 0 Å². The molecule has 8 heteroatoms. The van der Waals surface area contributed by atoms with Crippen molar-refractivity contribution in [1.29, 1.82) is 0 Å². The van der Waals surface area contributed by atoms with Crippen LogP contribution in [0.15, 0.2) is 29.2 Å². The van der Waals surface area contributed by atoms with Gasteiger partial charge in [0.15, 0.2) is 5.79 Å². The topological polar surface area (TPSA) is 84.9 Å². The number of amides is 1. The molecule has 148 valence electrons. The lowest BCUT2D eigenvalue weighted by molar-refractivity contribution is -0.179. The van der Waals surface area contributed by atoms with E-state index in [1.165, 1.54) is 10.4 Å². The minimum absolute atomic E-state index is 0.158. The van der Waals surface area contributed by atoms with E-state index in [0.717, 1.165) is 25.7 Å². The van der Waals surface area contributed by atoms with Gasteiger partial charge in [-0.05, 0) is 31.0 Å². The molecule has 27 heavy (non-hydrogen) atoms. The van der Waals surface area contributed by atoms with Crippen LogP contribution in [0.25, 0.3) is 0 Å². The quantitative estimate of drug-likeness (QED) is 0.843. The lowest BCUT2D eigenvalue weighted by Gasteiger charge is -2.36. The van der Waals surface area contributed by atoms with Crippen LogP contribution in [0.1, 0.15) is 48.9 Å². The van der Waals surface area contributed by atoms with Gasteiger partial charge in [0.2, 0.25) is 10.0 Å². The fourth-order valence-corrected chi connectivity index (χ4v) is 5.63. The molecule has 7 nitrogen and oxygen atoms in total. The summed E-state index contributed by atoms with van der Waals surface area (Å²) in [6.45, 7) is 1.82. The first-order valence-corrected chi connectivity index (χ1v) is 11.1. The Morgan fingerprint density at radius 1 is 1.11 bits per heavy atom. The summed E-state index contributed by atoms with van der Waals surface area (Å²) in [6.07, 6.45) is 5.28. The van der Waals surface area contributed by atoms with E-state index in [1.54, 1.807) is 18.2 Å². The number of rotatable bonds is 4. The summed E-state index contributed by atoms with van der Waals surface area (Å²) in [6, 6.07) is 6.52. The summed E-state index contributed by atoms with van der Waals surface area (Å²) >= 11 is 0. The fourth-order valence-electron chi connectivity index (χ4n) is 4.14. The van der Waals surface area contributed by atoms with E-state index in [2.05, 4.69) is 5.32 Å². The third kappa shape index (κ3) is 3.89. The summed E-state index contributed by atoms with van der Waals surface area (Å²) in [7, 11) is -3.65. The second kappa shape index (κ2) is 7.50. The van der Waals surface area contributed by atoms with Gasteiger partial charge >= 0.3 is 0 Å². The minimum Gasteiger partial charge on any atom is -0.349 e. The van der Waals surface area contributed by atoms with Crippen LogP contribution in [-0.2, 0) is 19.5 Å². The number of nitrogens with one attached hydrogen (secondary N) is 1. The maximum absolute atomic E-state index is 13.0. The Labute approximate surface area is 160 Å². The largest absolute Gasteiger partial charge is 0.349 e. The highest BCUT2D eigenvalue weighted by atomic mass is 32.2. The Bertz CT molecular complexity index is 788. The second-order valence-corrected chi connectivity index (χ2v) is 9.43. The third-order valence-corrected chi connectivity index (χ3v) is 7.62. The Hall–Kier alpha value is -1.48. The fraction of sp³-hybridized carbons (Fsp3) is 0.632. The summed E-state index contributed by atoms with van der Waals surface area (Å²) < 4.78 is 38.8. The number of carbonyl (C=O) groups excluding carboxylic acids is 1. The maximum Gasteiger partial charge on any atom is 0.251 e. The molecular weight excluding hydrogens is 368 g/mol. The molecule has 1 saturated carbocycles. The van der Waals surface area contributed by atoms with Crippen molar-refractivity contribution in [1.82, 2.24) is 9.62 Å². The molecule has 0 unspecified atom stereocenters. The highest BCUT2D eigenvalue weighted by Crippen LogP contribution is 2.33. The predicted molar refractivity (Wildman–Crippen MR) is 98.8 cm³/mol. The standard InChI is InChI=1S/C19H26N2O5S/c22-18(20-16-5-1-2-6-16)15-4-3-7-17(14-15)27(23,24)21-10-8-19(9-11-21)25-12-13-26-19/h3-4,7,14,16H,1-2,5-6,8-13H2,(H,20,22). The molecule has 1 N–H and O–H groups in total. The number of carbonyl (C=O) groups is 1. The van der Waals surface area contributed by atoms with Crippen LogP contribution < -0.4 is 5.32 Å². The molecule has 0 radical (unpaired) electrons. The lowest BCUT2D eigenvalue weighted by atomic mass is 10.1. The molecule has 0 atom stereocenters. The van der Waals surface area contributed by atoms with E-state index in [0.29, 0.717) is 44.7 Å². The summed E-state index contributed by atoms with van der Waals surface area (Å²) in [4.78, 5) is 12.6. The highest BCUT2D eigenvalue weighted by Gasteiger charge is 2.42. The normalized spacial score (nSPS) is 23.7. The predicted octanol–water partition coefficient (Wildman–Crippen LogP) is 1.89. The van der Waals surface area contributed by atoms with Gasteiger partial charge in [-0.25, -0.2) is 8.42 Å². The first-order valence-electron chi connectivity index (χ1n) is 9.68. The molecule has 0 bridgehead atoms. The molecule has 4 rings (SSSR count). The van der Waals surface area contributed by atoms with E-state index < -0.39 is 15.8 Å². The van der Waals surface area contributed by atoms with Gasteiger partial charge in [-0.3, -0.25) is 4.79 Å². The number of benzene rings is 1. The zero-order valence-corrected chi connectivity index (χ0v) is 16.2. The molecule has 2 aliphatic heterocycles. The SMILES string of the molecule is O=C(NC1CCCC1)c1cccc(S(=O)(=O)N2CCC3(CC2)OCCO3)c1. The lowest BCUT2D eigenvalue weighted by Crippen LogP contribution is -2.47. The van der Waals surface area contributed by atoms with Crippen LogP contribution in [0.4, 0.5) is 0 Å². The van der Waals surface area contributed by atoms with Crippen LogP contribution in [0.3, 0.4) is 0 Å².